The second kappa shape index (κ2) is 11.4. The van der Waals surface area contributed by atoms with Crippen LogP contribution in [-0.2, 0) is 14.3 Å². The number of rotatable bonds is 8. The number of likely N-dealkylation sites (tertiary alicyclic amines) is 2. The van der Waals surface area contributed by atoms with Crippen LogP contribution < -0.4 is 4.74 Å². The molecule has 0 aliphatic carbocycles. The van der Waals surface area contributed by atoms with E-state index in [1.54, 1.807) is 4.90 Å². The minimum atomic E-state index is -0.540. The fraction of sp³-hybridized carbons (Fsp3) is 0.667. The average Bonchev–Trinajstić information content (AvgIpc) is 2.80. The Kier molecular flexibility index (Phi) is 8.58. The number of piperidine rings is 2. The summed E-state index contributed by atoms with van der Waals surface area (Å²) < 4.78 is 16.6. The number of carbonyl (C=O) groups is 2. The van der Waals surface area contributed by atoms with Crippen molar-refractivity contribution in [1.82, 2.24) is 9.80 Å². The van der Waals surface area contributed by atoms with Crippen LogP contribution in [0.5, 0.6) is 5.75 Å². The highest BCUT2D eigenvalue weighted by molar-refractivity contribution is 5.77. The van der Waals surface area contributed by atoms with Gasteiger partial charge in [-0.1, -0.05) is 18.2 Å². The van der Waals surface area contributed by atoms with Crippen LogP contribution in [0.4, 0.5) is 4.79 Å². The Hall–Kier alpha value is -2.28. The lowest BCUT2D eigenvalue weighted by molar-refractivity contribution is -0.161. The summed E-state index contributed by atoms with van der Waals surface area (Å²) in [5.41, 5.74) is -0.540. The van der Waals surface area contributed by atoms with Gasteiger partial charge in [-0.25, -0.2) is 4.79 Å². The topological polar surface area (TPSA) is 68.3 Å². The molecule has 0 N–H and O–H groups in total. The van der Waals surface area contributed by atoms with Crippen LogP contribution in [0.15, 0.2) is 30.3 Å². The summed E-state index contributed by atoms with van der Waals surface area (Å²) in [5, 5.41) is 0. The minimum absolute atomic E-state index is 0.111. The Morgan fingerprint density at radius 1 is 1.03 bits per heavy atom. The molecule has 172 valence electrons. The Balaban J connectivity index is 1.61. The molecule has 31 heavy (non-hydrogen) atoms. The number of esters is 1. The number of ether oxygens (including phenoxy) is 3. The van der Waals surface area contributed by atoms with E-state index in [2.05, 4.69) is 4.90 Å². The van der Waals surface area contributed by atoms with E-state index >= 15 is 0 Å². The summed E-state index contributed by atoms with van der Waals surface area (Å²) in [6.07, 6.45) is 4.00. The predicted molar refractivity (Wildman–Crippen MR) is 118 cm³/mol. The first-order valence-electron chi connectivity index (χ1n) is 11.6. The van der Waals surface area contributed by atoms with Crippen LogP contribution >= 0.6 is 0 Å². The first-order valence-corrected chi connectivity index (χ1v) is 11.6. The monoisotopic (exact) mass is 432 g/mol. The van der Waals surface area contributed by atoms with Gasteiger partial charge in [0.05, 0.1) is 25.2 Å². The van der Waals surface area contributed by atoms with Gasteiger partial charge in [-0.2, -0.15) is 0 Å². The van der Waals surface area contributed by atoms with Gasteiger partial charge in [0.15, 0.2) is 0 Å². The average molecular weight is 433 g/mol. The van der Waals surface area contributed by atoms with Gasteiger partial charge in [0.25, 0.3) is 0 Å². The van der Waals surface area contributed by atoms with Crippen molar-refractivity contribution >= 4 is 12.1 Å². The normalized spacial score (nSPS) is 22.7. The van der Waals surface area contributed by atoms with Crippen LogP contribution in [0, 0.1) is 5.41 Å². The van der Waals surface area contributed by atoms with Crippen molar-refractivity contribution in [2.75, 3.05) is 46.0 Å². The molecular formula is C24H36N2O5. The largest absolute Gasteiger partial charge is 0.494 e. The molecule has 1 atom stereocenters. The molecule has 2 heterocycles. The molecule has 2 fully saturated rings. The van der Waals surface area contributed by atoms with E-state index in [1.165, 1.54) is 0 Å². The molecule has 3 rings (SSSR count). The van der Waals surface area contributed by atoms with Crippen molar-refractivity contribution in [3.63, 3.8) is 0 Å². The van der Waals surface area contributed by atoms with Crippen molar-refractivity contribution in [3.8, 4) is 5.75 Å². The fourth-order valence-corrected chi connectivity index (χ4v) is 4.75. The molecule has 1 aromatic carbocycles. The van der Waals surface area contributed by atoms with Crippen LogP contribution in [0.2, 0.25) is 0 Å². The van der Waals surface area contributed by atoms with Crippen molar-refractivity contribution in [2.45, 2.75) is 52.0 Å². The molecule has 1 amide bonds. The van der Waals surface area contributed by atoms with Gasteiger partial charge in [0.1, 0.15) is 5.75 Å². The smallest absolute Gasteiger partial charge is 0.409 e. The zero-order chi connectivity index (χ0) is 22.1. The molecule has 1 aromatic rings. The molecule has 2 aliphatic rings. The Bertz CT molecular complexity index is 705. The van der Waals surface area contributed by atoms with Gasteiger partial charge < -0.3 is 19.1 Å². The number of carbonyl (C=O) groups excluding carboxylic acids is 2. The molecule has 7 heteroatoms. The maximum absolute atomic E-state index is 13.0. The number of benzene rings is 1. The minimum Gasteiger partial charge on any atom is -0.494 e. The molecule has 0 saturated carbocycles. The highest BCUT2D eigenvalue weighted by Crippen LogP contribution is 2.37. The molecule has 7 nitrogen and oxygen atoms in total. The SMILES string of the molecule is CCOC(=O)N1CCC(N2CCC[C@](CCOc3ccccc3)(C(=O)OCC)C2)CC1. The Morgan fingerprint density at radius 3 is 2.42 bits per heavy atom. The van der Waals surface area contributed by atoms with Gasteiger partial charge in [-0.15, -0.1) is 0 Å². The second-order valence-corrected chi connectivity index (χ2v) is 8.40. The van der Waals surface area contributed by atoms with Crippen LogP contribution in [0.3, 0.4) is 0 Å². The van der Waals surface area contributed by atoms with E-state index in [9.17, 15) is 9.59 Å². The highest BCUT2D eigenvalue weighted by atomic mass is 16.6. The van der Waals surface area contributed by atoms with Crippen molar-refractivity contribution in [2.24, 2.45) is 5.41 Å². The van der Waals surface area contributed by atoms with Crippen molar-refractivity contribution in [1.29, 1.82) is 0 Å². The predicted octanol–water partition coefficient (Wildman–Crippen LogP) is 3.72. The van der Waals surface area contributed by atoms with E-state index in [0.29, 0.717) is 51.9 Å². The number of amides is 1. The fourth-order valence-electron chi connectivity index (χ4n) is 4.75. The maximum atomic E-state index is 13.0. The van der Waals surface area contributed by atoms with Gasteiger partial charge in [0.2, 0.25) is 0 Å². The first kappa shape index (κ1) is 23.4. The van der Waals surface area contributed by atoms with Gasteiger partial charge in [0, 0.05) is 25.7 Å². The number of nitrogens with zero attached hydrogens (tertiary/aromatic N) is 2. The maximum Gasteiger partial charge on any atom is 0.409 e. The third kappa shape index (κ3) is 6.12. The molecular weight excluding hydrogens is 396 g/mol. The molecule has 0 spiro atoms. The van der Waals surface area contributed by atoms with Crippen molar-refractivity contribution < 1.29 is 23.8 Å². The second-order valence-electron chi connectivity index (χ2n) is 8.40. The number of para-hydroxylation sites is 1. The van der Waals surface area contributed by atoms with E-state index in [0.717, 1.165) is 38.0 Å². The molecule has 0 radical (unpaired) electrons. The molecule has 2 aliphatic heterocycles. The lowest BCUT2D eigenvalue weighted by Gasteiger charge is -2.46. The number of hydrogen-bond donors (Lipinski definition) is 0. The zero-order valence-electron chi connectivity index (χ0n) is 18.9. The Morgan fingerprint density at radius 2 is 1.74 bits per heavy atom. The molecule has 0 aromatic heterocycles. The standard InChI is InChI=1S/C24H36N2O5/c1-3-29-22(27)24(14-18-31-21-9-6-5-7-10-21)13-8-15-26(19-24)20-11-16-25(17-12-20)23(28)30-4-2/h5-7,9-10,20H,3-4,8,11-19H2,1-2H3/t24-/m1/s1. The summed E-state index contributed by atoms with van der Waals surface area (Å²) in [6.45, 7) is 8.02. The Labute approximate surface area is 185 Å². The molecule has 2 saturated heterocycles. The lowest BCUT2D eigenvalue weighted by atomic mass is 9.76. The summed E-state index contributed by atoms with van der Waals surface area (Å²) in [6, 6.07) is 10.1. The van der Waals surface area contributed by atoms with Gasteiger partial charge in [-0.05, 0) is 64.6 Å². The quantitative estimate of drug-likeness (QED) is 0.583. The molecule has 0 bridgehead atoms. The van der Waals surface area contributed by atoms with Crippen LogP contribution in [0.1, 0.15) is 46.0 Å². The summed E-state index contributed by atoms with van der Waals surface area (Å²) in [7, 11) is 0. The van der Waals surface area contributed by atoms with Crippen LogP contribution in [0.25, 0.3) is 0 Å². The van der Waals surface area contributed by atoms with E-state index in [1.807, 2.05) is 44.2 Å². The third-order valence-electron chi connectivity index (χ3n) is 6.41. The van der Waals surface area contributed by atoms with E-state index < -0.39 is 5.41 Å². The summed E-state index contributed by atoms with van der Waals surface area (Å²) >= 11 is 0. The molecule has 0 unspecified atom stereocenters. The summed E-state index contributed by atoms with van der Waals surface area (Å²) in [5.74, 6) is 0.709. The summed E-state index contributed by atoms with van der Waals surface area (Å²) in [4.78, 5) is 29.2. The zero-order valence-corrected chi connectivity index (χ0v) is 18.9. The third-order valence-corrected chi connectivity index (χ3v) is 6.41. The van der Waals surface area contributed by atoms with Gasteiger partial charge >= 0.3 is 12.1 Å². The van der Waals surface area contributed by atoms with Crippen LogP contribution in [-0.4, -0.2) is 73.9 Å². The number of hydrogen-bond acceptors (Lipinski definition) is 6. The van der Waals surface area contributed by atoms with E-state index in [-0.39, 0.29) is 12.1 Å². The van der Waals surface area contributed by atoms with Crippen molar-refractivity contribution in [3.05, 3.63) is 30.3 Å². The lowest BCUT2D eigenvalue weighted by Crippen LogP contribution is -2.55. The first-order chi connectivity index (χ1) is 15.1. The van der Waals surface area contributed by atoms with E-state index in [4.69, 9.17) is 14.2 Å². The highest BCUT2D eigenvalue weighted by Gasteiger charge is 2.45. The van der Waals surface area contributed by atoms with Gasteiger partial charge in [-0.3, -0.25) is 9.69 Å².